The Morgan fingerprint density at radius 1 is 1.38 bits per heavy atom. The molecule has 0 aliphatic heterocycles. The highest BCUT2D eigenvalue weighted by atomic mass is 35.5. The molecule has 3 N–H and O–H groups in total. The molecular formula is C8H14Cl2N2O. The van der Waals surface area contributed by atoms with E-state index in [-0.39, 0.29) is 37.5 Å². The average Bonchev–Trinajstić information content (AvgIpc) is 2.07. The molecule has 1 rings (SSSR count). The predicted molar refractivity (Wildman–Crippen MR) is 57.4 cm³/mol. The molecule has 0 amide bonds. The van der Waals surface area contributed by atoms with E-state index in [9.17, 15) is 0 Å². The third kappa shape index (κ3) is 5.05. The van der Waals surface area contributed by atoms with Crippen molar-refractivity contribution < 1.29 is 5.11 Å². The van der Waals surface area contributed by atoms with Crippen LogP contribution in [0.4, 0.5) is 0 Å². The molecule has 0 aliphatic rings. The number of hydrogen-bond donors (Lipinski definition) is 2. The first kappa shape index (κ1) is 15.1. The molecule has 76 valence electrons. The number of nitrogens with two attached hydrogens (primary N) is 1. The van der Waals surface area contributed by atoms with Crippen LogP contribution in [0.5, 0.6) is 0 Å². The average molecular weight is 225 g/mol. The Morgan fingerprint density at radius 3 is 2.54 bits per heavy atom. The molecule has 0 unspecified atom stereocenters. The molecule has 1 aromatic heterocycles. The fourth-order valence-corrected chi connectivity index (χ4v) is 0.882. The first-order valence-electron chi connectivity index (χ1n) is 3.62. The molecule has 0 aromatic carbocycles. The number of aromatic nitrogens is 1. The summed E-state index contributed by atoms with van der Waals surface area (Å²) in [6.07, 6.45) is 2.27. The highest BCUT2D eigenvalue weighted by Gasteiger charge is 2.03. The van der Waals surface area contributed by atoms with Crippen LogP contribution in [-0.4, -0.2) is 16.7 Å². The van der Waals surface area contributed by atoms with Crippen molar-refractivity contribution in [2.75, 3.05) is 6.61 Å². The largest absolute Gasteiger partial charge is 0.396 e. The van der Waals surface area contributed by atoms with Crippen molar-refractivity contribution in [3.05, 3.63) is 30.1 Å². The van der Waals surface area contributed by atoms with Crippen LogP contribution in [0.1, 0.15) is 18.2 Å². The fraction of sp³-hybridized carbons (Fsp3) is 0.375. The smallest absolute Gasteiger partial charge is 0.0571 e. The van der Waals surface area contributed by atoms with Crippen LogP contribution in [0.3, 0.4) is 0 Å². The van der Waals surface area contributed by atoms with Crippen LogP contribution in [0.2, 0.25) is 0 Å². The van der Waals surface area contributed by atoms with Crippen molar-refractivity contribution in [1.29, 1.82) is 0 Å². The van der Waals surface area contributed by atoms with Crippen LogP contribution in [0.15, 0.2) is 24.4 Å². The van der Waals surface area contributed by atoms with E-state index in [0.717, 1.165) is 5.69 Å². The van der Waals surface area contributed by atoms with E-state index >= 15 is 0 Å². The van der Waals surface area contributed by atoms with Crippen LogP contribution in [-0.2, 0) is 0 Å². The number of pyridine rings is 1. The molecule has 0 saturated carbocycles. The van der Waals surface area contributed by atoms with Crippen molar-refractivity contribution in [3.8, 4) is 0 Å². The van der Waals surface area contributed by atoms with E-state index in [1.54, 1.807) is 6.20 Å². The third-order valence-corrected chi connectivity index (χ3v) is 1.51. The van der Waals surface area contributed by atoms with E-state index < -0.39 is 0 Å². The summed E-state index contributed by atoms with van der Waals surface area (Å²) in [4.78, 5) is 4.06. The second kappa shape index (κ2) is 8.26. The monoisotopic (exact) mass is 224 g/mol. The van der Waals surface area contributed by atoms with Gasteiger partial charge in [-0.2, -0.15) is 0 Å². The van der Waals surface area contributed by atoms with Gasteiger partial charge in [-0.25, -0.2) is 0 Å². The topological polar surface area (TPSA) is 59.1 Å². The van der Waals surface area contributed by atoms with Crippen LogP contribution < -0.4 is 5.73 Å². The van der Waals surface area contributed by atoms with Gasteiger partial charge in [-0.15, -0.1) is 24.8 Å². The number of rotatable bonds is 3. The molecule has 0 saturated heterocycles. The summed E-state index contributed by atoms with van der Waals surface area (Å²) in [7, 11) is 0. The second-order valence-electron chi connectivity index (χ2n) is 2.37. The lowest BCUT2D eigenvalue weighted by Crippen LogP contribution is -2.13. The Kier molecular flexibility index (Phi) is 9.61. The summed E-state index contributed by atoms with van der Waals surface area (Å²) in [5.74, 6) is 0. The number of aliphatic hydroxyl groups excluding tert-OH is 1. The first-order chi connectivity index (χ1) is 5.34. The molecule has 13 heavy (non-hydrogen) atoms. The van der Waals surface area contributed by atoms with Gasteiger partial charge in [0, 0.05) is 18.8 Å². The Bertz CT molecular complexity index is 209. The maximum atomic E-state index is 8.59. The van der Waals surface area contributed by atoms with Gasteiger partial charge in [0.15, 0.2) is 0 Å². The number of hydrogen-bond acceptors (Lipinski definition) is 3. The molecular weight excluding hydrogens is 211 g/mol. The normalized spacial score (nSPS) is 10.9. The highest BCUT2D eigenvalue weighted by Crippen LogP contribution is 2.08. The fourth-order valence-electron chi connectivity index (χ4n) is 0.882. The van der Waals surface area contributed by atoms with Crippen molar-refractivity contribution >= 4 is 24.8 Å². The highest BCUT2D eigenvalue weighted by molar-refractivity contribution is 5.85. The summed E-state index contributed by atoms with van der Waals surface area (Å²) in [6, 6.07) is 5.45. The van der Waals surface area contributed by atoms with E-state index in [1.807, 2.05) is 18.2 Å². The standard InChI is InChI=1S/C8H12N2O.2ClH/c9-7(4-6-11)8-3-1-2-5-10-8;;/h1-3,5,7,11H,4,6,9H2;2*1H/t7-;;/m0../s1. The van der Waals surface area contributed by atoms with Gasteiger partial charge < -0.3 is 10.8 Å². The molecule has 0 radical (unpaired) electrons. The molecule has 0 spiro atoms. The van der Waals surface area contributed by atoms with E-state index in [1.165, 1.54) is 0 Å². The van der Waals surface area contributed by atoms with E-state index in [4.69, 9.17) is 10.8 Å². The van der Waals surface area contributed by atoms with E-state index in [0.29, 0.717) is 6.42 Å². The Morgan fingerprint density at radius 2 is 2.08 bits per heavy atom. The molecule has 0 aliphatic carbocycles. The summed E-state index contributed by atoms with van der Waals surface area (Å²) in [5.41, 5.74) is 6.52. The number of aliphatic hydroxyl groups is 1. The van der Waals surface area contributed by atoms with Gasteiger partial charge in [0.05, 0.1) is 5.69 Å². The zero-order valence-electron chi connectivity index (χ0n) is 7.09. The molecule has 1 atom stereocenters. The Labute approximate surface area is 90.2 Å². The van der Waals surface area contributed by atoms with Crippen molar-refractivity contribution in [2.24, 2.45) is 5.73 Å². The minimum Gasteiger partial charge on any atom is -0.396 e. The molecule has 0 bridgehead atoms. The summed E-state index contributed by atoms with van der Waals surface area (Å²) < 4.78 is 0. The van der Waals surface area contributed by atoms with Crippen LogP contribution >= 0.6 is 24.8 Å². The Hall–Kier alpha value is -0.350. The number of halogens is 2. The lowest BCUT2D eigenvalue weighted by atomic mass is 10.1. The summed E-state index contributed by atoms with van der Waals surface area (Å²) in [5, 5.41) is 8.59. The van der Waals surface area contributed by atoms with Gasteiger partial charge in [-0.3, -0.25) is 4.98 Å². The maximum Gasteiger partial charge on any atom is 0.0571 e. The van der Waals surface area contributed by atoms with Crippen LogP contribution in [0.25, 0.3) is 0 Å². The van der Waals surface area contributed by atoms with Gasteiger partial charge in [0.1, 0.15) is 0 Å². The predicted octanol–water partition coefficient (Wildman–Crippen LogP) is 1.31. The van der Waals surface area contributed by atoms with Gasteiger partial charge in [0.2, 0.25) is 0 Å². The molecule has 5 heteroatoms. The molecule has 1 heterocycles. The second-order valence-corrected chi connectivity index (χ2v) is 2.37. The summed E-state index contributed by atoms with van der Waals surface area (Å²) in [6.45, 7) is 0.109. The van der Waals surface area contributed by atoms with Crippen molar-refractivity contribution in [3.63, 3.8) is 0 Å². The van der Waals surface area contributed by atoms with Gasteiger partial charge in [0.25, 0.3) is 0 Å². The Balaban J connectivity index is 0. The van der Waals surface area contributed by atoms with Gasteiger partial charge >= 0.3 is 0 Å². The summed E-state index contributed by atoms with van der Waals surface area (Å²) >= 11 is 0. The minimum atomic E-state index is -0.138. The minimum absolute atomic E-state index is 0. The lowest BCUT2D eigenvalue weighted by Gasteiger charge is -2.07. The van der Waals surface area contributed by atoms with Gasteiger partial charge in [-0.05, 0) is 18.6 Å². The van der Waals surface area contributed by atoms with Gasteiger partial charge in [-0.1, -0.05) is 6.07 Å². The maximum absolute atomic E-state index is 8.59. The third-order valence-electron chi connectivity index (χ3n) is 1.51. The van der Waals surface area contributed by atoms with Crippen molar-refractivity contribution in [2.45, 2.75) is 12.5 Å². The lowest BCUT2D eigenvalue weighted by molar-refractivity contribution is 0.275. The number of nitrogens with zero attached hydrogens (tertiary/aromatic N) is 1. The zero-order valence-corrected chi connectivity index (χ0v) is 8.72. The molecule has 1 aromatic rings. The quantitative estimate of drug-likeness (QED) is 0.815. The molecule has 3 nitrogen and oxygen atoms in total. The SMILES string of the molecule is Cl.Cl.N[C@@H](CCO)c1ccccn1. The van der Waals surface area contributed by atoms with Crippen LogP contribution in [0, 0.1) is 0 Å². The van der Waals surface area contributed by atoms with Crippen molar-refractivity contribution in [1.82, 2.24) is 4.98 Å². The molecule has 0 fully saturated rings. The zero-order chi connectivity index (χ0) is 8.10. The van der Waals surface area contributed by atoms with E-state index in [2.05, 4.69) is 4.98 Å². The first-order valence-corrected chi connectivity index (χ1v) is 3.62.